The van der Waals surface area contributed by atoms with Crippen molar-refractivity contribution >= 4 is 38.5 Å². The molecule has 3 aromatic heterocycles. The van der Waals surface area contributed by atoms with E-state index in [2.05, 4.69) is 30.5 Å². The number of hydrogen-bond donors (Lipinski definition) is 2. The number of pyridine rings is 2. The largest absolute Gasteiger partial charge is 0.379 e. The number of hydrogen-bond acceptors (Lipinski definition) is 8. The van der Waals surface area contributed by atoms with E-state index in [1.54, 1.807) is 19.3 Å². The van der Waals surface area contributed by atoms with Gasteiger partial charge >= 0.3 is 0 Å². The van der Waals surface area contributed by atoms with Crippen molar-refractivity contribution < 1.29 is 13.5 Å². The molecule has 1 aromatic carbocycles. The first-order chi connectivity index (χ1) is 16.1. The number of morpholine rings is 1. The van der Waals surface area contributed by atoms with Crippen molar-refractivity contribution in [2.24, 2.45) is 0 Å². The van der Waals surface area contributed by atoms with E-state index in [1.165, 1.54) is 23.5 Å². The molecule has 0 radical (unpaired) electrons. The van der Waals surface area contributed by atoms with E-state index in [1.807, 2.05) is 12.1 Å². The highest BCUT2D eigenvalue weighted by molar-refractivity contribution is 7.21. The molecule has 1 aliphatic rings. The highest BCUT2D eigenvalue weighted by Crippen LogP contribution is 2.36. The van der Waals surface area contributed by atoms with Gasteiger partial charge in [-0.25, -0.2) is 23.7 Å². The van der Waals surface area contributed by atoms with Crippen molar-refractivity contribution in [2.45, 2.75) is 6.54 Å². The summed E-state index contributed by atoms with van der Waals surface area (Å²) in [7, 11) is 1.74. The molecule has 170 valence electrons. The van der Waals surface area contributed by atoms with Crippen LogP contribution in [0.1, 0.15) is 5.56 Å². The molecule has 0 bridgehead atoms. The van der Waals surface area contributed by atoms with Gasteiger partial charge in [0.05, 0.1) is 13.2 Å². The summed E-state index contributed by atoms with van der Waals surface area (Å²) in [5, 5.41) is 6.83. The number of ether oxygens (including phenoxy) is 1. The van der Waals surface area contributed by atoms with Crippen molar-refractivity contribution in [3.8, 4) is 11.1 Å². The first kappa shape index (κ1) is 21.6. The lowest BCUT2D eigenvalue weighted by molar-refractivity contribution is 0.0342. The Morgan fingerprint density at radius 3 is 2.67 bits per heavy atom. The molecule has 10 heteroatoms. The number of anilines is 3. The van der Waals surface area contributed by atoms with Crippen LogP contribution in [-0.2, 0) is 11.3 Å². The Kier molecular flexibility index (Phi) is 6.12. The second-order valence-corrected chi connectivity index (χ2v) is 8.64. The van der Waals surface area contributed by atoms with Gasteiger partial charge in [-0.15, -0.1) is 0 Å². The normalized spacial score (nSPS) is 14.5. The zero-order chi connectivity index (χ0) is 22.8. The van der Waals surface area contributed by atoms with E-state index in [4.69, 9.17) is 4.74 Å². The summed E-state index contributed by atoms with van der Waals surface area (Å²) < 4.78 is 33.4. The van der Waals surface area contributed by atoms with E-state index in [0.717, 1.165) is 44.5 Å². The minimum atomic E-state index is -0.649. The molecule has 33 heavy (non-hydrogen) atoms. The van der Waals surface area contributed by atoms with Crippen molar-refractivity contribution in [3.05, 3.63) is 59.8 Å². The number of benzene rings is 1. The molecule has 0 amide bonds. The average Bonchev–Trinajstić information content (AvgIpc) is 3.22. The van der Waals surface area contributed by atoms with Crippen molar-refractivity contribution in [1.82, 2.24) is 19.9 Å². The first-order valence-electron chi connectivity index (χ1n) is 10.6. The summed E-state index contributed by atoms with van der Waals surface area (Å²) >= 11 is 1.34. The fourth-order valence-corrected chi connectivity index (χ4v) is 4.64. The number of nitrogens with zero attached hydrogens (tertiary/aromatic N) is 4. The van der Waals surface area contributed by atoms with Crippen LogP contribution in [0.3, 0.4) is 0 Å². The van der Waals surface area contributed by atoms with Crippen LogP contribution in [0.25, 0.3) is 21.5 Å². The lowest BCUT2D eigenvalue weighted by Gasteiger charge is -2.26. The van der Waals surface area contributed by atoms with Crippen LogP contribution >= 0.6 is 11.3 Å². The fourth-order valence-electron chi connectivity index (χ4n) is 3.77. The average molecular weight is 469 g/mol. The molecular weight excluding hydrogens is 446 g/mol. The Hall–Kier alpha value is -3.21. The summed E-state index contributed by atoms with van der Waals surface area (Å²) in [6, 6.07) is 9.23. The van der Waals surface area contributed by atoms with Gasteiger partial charge in [-0.2, -0.15) is 0 Å². The predicted molar refractivity (Wildman–Crippen MR) is 126 cm³/mol. The molecule has 1 saturated heterocycles. The Balaban J connectivity index is 1.45. The lowest BCUT2D eigenvalue weighted by Crippen LogP contribution is -2.35. The molecule has 0 saturated carbocycles. The van der Waals surface area contributed by atoms with Crippen LogP contribution in [0, 0.1) is 11.6 Å². The summed E-state index contributed by atoms with van der Waals surface area (Å²) in [5.41, 5.74) is 2.49. The monoisotopic (exact) mass is 468 g/mol. The third-order valence-corrected chi connectivity index (χ3v) is 6.28. The third kappa shape index (κ3) is 4.77. The molecule has 1 aliphatic heterocycles. The Bertz CT molecular complexity index is 1290. The molecule has 0 aliphatic carbocycles. The van der Waals surface area contributed by atoms with Gasteiger partial charge < -0.3 is 15.4 Å². The molecule has 0 spiro atoms. The minimum absolute atomic E-state index is 0.266. The second-order valence-electron chi connectivity index (χ2n) is 7.66. The van der Waals surface area contributed by atoms with Gasteiger partial charge in [0.25, 0.3) is 0 Å². The van der Waals surface area contributed by atoms with Crippen molar-refractivity contribution in [1.29, 1.82) is 0 Å². The number of aromatic nitrogens is 3. The summed E-state index contributed by atoms with van der Waals surface area (Å²) in [6.07, 6.45) is 1.77. The SMILES string of the molecule is CNc1cc(-c2ccc(F)cc2F)c2nc(Nc3cc(CN4CCOCC4)ccn3)sc2n1. The molecule has 0 unspecified atom stereocenters. The van der Waals surface area contributed by atoms with Crippen LogP contribution in [-0.4, -0.2) is 53.2 Å². The Morgan fingerprint density at radius 1 is 1.03 bits per heavy atom. The number of rotatable bonds is 6. The molecule has 1 fully saturated rings. The standard InChI is InChI=1S/C23H22F2N6OS/c1-26-19-12-17(16-3-2-15(24)11-18(16)25)21-22(28-19)33-23(30-21)29-20-10-14(4-5-27-20)13-31-6-8-32-9-7-31/h2-5,10-12H,6-9,13H2,1H3,(H,26,28)(H,27,29,30). The van der Waals surface area contributed by atoms with Gasteiger partial charge in [0.2, 0.25) is 0 Å². The number of thiazole rings is 1. The van der Waals surface area contributed by atoms with E-state index in [-0.39, 0.29) is 5.56 Å². The molecule has 5 rings (SSSR count). The minimum Gasteiger partial charge on any atom is -0.379 e. The number of halogens is 2. The Morgan fingerprint density at radius 2 is 1.88 bits per heavy atom. The molecule has 7 nitrogen and oxygen atoms in total. The maximum Gasteiger partial charge on any atom is 0.190 e. The van der Waals surface area contributed by atoms with Gasteiger partial charge in [-0.05, 0) is 35.9 Å². The number of nitrogens with one attached hydrogen (secondary N) is 2. The van der Waals surface area contributed by atoms with Gasteiger partial charge in [-0.3, -0.25) is 4.90 Å². The zero-order valence-corrected chi connectivity index (χ0v) is 18.8. The maximum absolute atomic E-state index is 14.5. The maximum atomic E-state index is 14.5. The van der Waals surface area contributed by atoms with Gasteiger partial charge in [-0.1, -0.05) is 11.3 Å². The molecule has 4 aromatic rings. The van der Waals surface area contributed by atoms with Crippen LogP contribution in [0.5, 0.6) is 0 Å². The second kappa shape index (κ2) is 9.34. The highest BCUT2D eigenvalue weighted by Gasteiger charge is 2.17. The molecule has 2 N–H and O–H groups in total. The summed E-state index contributed by atoms with van der Waals surface area (Å²) in [4.78, 5) is 16.6. The van der Waals surface area contributed by atoms with E-state index < -0.39 is 11.6 Å². The van der Waals surface area contributed by atoms with Gasteiger partial charge in [0.15, 0.2) is 5.13 Å². The topological polar surface area (TPSA) is 75.2 Å². The first-order valence-corrected chi connectivity index (χ1v) is 11.4. The van der Waals surface area contributed by atoms with Crippen LogP contribution in [0.15, 0.2) is 42.6 Å². The Labute approximate surface area is 193 Å². The van der Waals surface area contributed by atoms with E-state index in [0.29, 0.717) is 32.7 Å². The van der Waals surface area contributed by atoms with Crippen LogP contribution in [0.2, 0.25) is 0 Å². The van der Waals surface area contributed by atoms with Crippen LogP contribution < -0.4 is 10.6 Å². The predicted octanol–water partition coefficient (Wildman–Crippen LogP) is 4.65. The quantitative estimate of drug-likeness (QED) is 0.427. The molecule has 4 heterocycles. The number of fused-ring (bicyclic) bond motifs is 1. The molecule has 0 atom stereocenters. The summed E-state index contributed by atoms with van der Waals surface area (Å²) in [5.74, 6) is -0.0335. The van der Waals surface area contributed by atoms with E-state index in [9.17, 15) is 8.78 Å². The fraction of sp³-hybridized carbons (Fsp3) is 0.261. The van der Waals surface area contributed by atoms with Gasteiger partial charge in [0.1, 0.15) is 33.6 Å². The highest BCUT2D eigenvalue weighted by atomic mass is 32.1. The van der Waals surface area contributed by atoms with Crippen LogP contribution in [0.4, 0.5) is 25.5 Å². The van der Waals surface area contributed by atoms with Crippen molar-refractivity contribution in [3.63, 3.8) is 0 Å². The lowest BCUT2D eigenvalue weighted by atomic mass is 10.1. The molecular formula is C23H22F2N6OS. The summed E-state index contributed by atoms with van der Waals surface area (Å²) in [6.45, 7) is 4.14. The van der Waals surface area contributed by atoms with E-state index >= 15 is 0 Å². The van der Waals surface area contributed by atoms with Crippen molar-refractivity contribution in [2.75, 3.05) is 44.0 Å². The zero-order valence-electron chi connectivity index (χ0n) is 17.9. The smallest absolute Gasteiger partial charge is 0.190 e. The van der Waals surface area contributed by atoms with Gasteiger partial charge in [0, 0.05) is 50.1 Å². The third-order valence-electron chi connectivity index (χ3n) is 5.41.